The number of H-pyrrole nitrogens is 1. The van der Waals surface area contributed by atoms with Crippen LogP contribution in [-0.2, 0) is 6.42 Å². The third-order valence-corrected chi connectivity index (χ3v) is 3.79. The molecule has 0 amide bonds. The Morgan fingerprint density at radius 3 is 2.94 bits per heavy atom. The Balaban J connectivity index is 2.04. The highest BCUT2D eigenvalue weighted by molar-refractivity contribution is 9.10. The van der Waals surface area contributed by atoms with Crippen molar-refractivity contribution in [1.82, 2.24) is 9.97 Å². The number of hydrogen-bond donors (Lipinski definition) is 1. The van der Waals surface area contributed by atoms with Crippen LogP contribution < -0.4 is 4.90 Å². The Morgan fingerprint density at radius 2 is 2.29 bits per heavy atom. The van der Waals surface area contributed by atoms with Gasteiger partial charge in [0.05, 0.1) is 13.1 Å². The molecular weight excluding hydrogens is 285 g/mol. The van der Waals surface area contributed by atoms with Crippen molar-refractivity contribution in [3.63, 3.8) is 0 Å². The lowest BCUT2D eigenvalue weighted by molar-refractivity contribution is 0.273. The number of rotatable bonds is 2. The molecule has 0 saturated carbocycles. The summed E-state index contributed by atoms with van der Waals surface area (Å²) in [6, 6.07) is 4.06. The van der Waals surface area contributed by atoms with Gasteiger partial charge in [-0.3, -0.25) is 0 Å². The maximum absolute atomic E-state index is 12.8. The third kappa shape index (κ3) is 1.82. The molecule has 0 atom stereocenters. The lowest BCUT2D eigenvalue weighted by Crippen LogP contribution is -2.48. The lowest BCUT2D eigenvalue weighted by Gasteiger charge is -2.35. The van der Waals surface area contributed by atoms with Crippen LogP contribution in [0.3, 0.4) is 0 Å². The average molecular weight is 298 g/mol. The number of hydrogen-bond acceptors (Lipinski definition) is 2. The molecule has 1 aliphatic heterocycles. The molecule has 0 aromatic carbocycles. The first kappa shape index (κ1) is 11.0. The van der Waals surface area contributed by atoms with Crippen molar-refractivity contribution in [2.45, 2.75) is 19.5 Å². The molecule has 0 spiro atoms. The first-order chi connectivity index (χ1) is 8.17. The fourth-order valence-electron chi connectivity index (χ4n) is 2.07. The molecule has 3 nitrogen and oxygen atoms in total. The van der Waals surface area contributed by atoms with Gasteiger partial charge in [-0.25, -0.2) is 9.37 Å². The van der Waals surface area contributed by atoms with E-state index < -0.39 is 6.17 Å². The van der Waals surface area contributed by atoms with Crippen molar-refractivity contribution in [3.05, 3.63) is 22.3 Å². The molecule has 0 radical (unpaired) electrons. The number of nitrogens with zero attached hydrogens (tertiary/aromatic N) is 2. The number of fused-ring (bicyclic) bond motifs is 1. The Kier molecular flexibility index (Phi) is 2.58. The molecule has 90 valence electrons. The zero-order valence-corrected chi connectivity index (χ0v) is 11.1. The molecule has 0 unspecified atom stereocenters. The zero-order chi connectivity index (χ0) is 12.0. The van der Waals surface area contributed by atoms with Crippen LogP contribution in [0.15, 0.2) is 16.6 Å². The van der Waals surface area contributed by atoms with Gasteiger partial charge in [-0.1, -0.05) is 6.92 Å². The van der Waals surface area contributed by atoms with E-state index in [0.717, 1.165) is 33.4 Å². The molecule has 2 aromatic heterocycles. The zero-order valence-electron chi connectivity index (χ0n) is 9.50. The number of halogens is 2. The van der Waals surface area contributed by atoms with Crippen molar-refractivity contribution in [3.8, 4) is 0 Å². The molecule has 0 bridgehead atoms. The van der Waals surface area contributed by atoms with E-state index in [9.17, 15) is 4.39 Å². The van der Waals surface area contributed by atoms with E-state index in [1.807, 2.05) is 11.0 Å². The minimum atomic E-state index is -0.707. The highest BCUT2D eigenvalue weighted by Gasteiger charge is 2.27. The second-order valence-corrected chi connectivity index (χ2v) is 5.23. The van der Waals surface area contributed by atoms with E-state index in [1.165, 1.54) is 0 Å². The first-order valence-corrected chi connectivity index (χ1v) is 6.54. The predicted molar refractivity (Wildman–Crippen MR) is 70.3 cm³/mol. The Bertz CT molecular complexity index is 560. The maximum atomic E-state index is 12.8. The van der Waals surface area contributed by atoms with Gasteiger partial charge in [-0.2, -0.15) is 0 Å². The number of alkyl halides is 1. The van der Waals surface area contributed by atoms with E-state index >= 15 is 0 Å². The maximum Gasteiger partial charge on any atom is 0.141 e. The summed E-state index contributed by atoms with van der Waals surface area (Å²) in [6.07, 6.45) is 0.245. The molecule has 0 aliphatic carbocycles. The molecule has 3 heterocycles. The van der Waals surface area contributed by atoms with Crippen LogP contribution in [0.25, 0.3) is 11.0 Å². The van der Waals surface area contributed by atoms with Crippen molar-refractivity contribution >= 4 is 32.8 Å². The molecule has 2 aromatic rings. The van der Waals surface area contributed by atoms with Crippen molar-refractivity contribution in [2.24, 2.45) is 0 Å². The van der Waals surface area contributed by atoms with E-state index in [-0.39, 0.29) is 0 Å². The van der Waals surface area contributed by atoms with Crippen LogP contribution >= 0.6 is 15.9 Å². The van der Waals surface area contributed by atoms with Gasteiger partial charge >= 0.3 is 0 Å². The van der Waals surface area contributed by atoms with Gasteiger partial charge in [0.15, 0.2) is 0 Å². The van der Waals surface area contributed by atoms with E-state index in [1.54, 1.807) is 0 Å². The molecule has 1 saturated heterocycles. The second kappa shape index (κ2) is 3.98. The largest absolute Gasteiger partial charge is 0.351 e. The highest BCUT2D eigenvalue weighted by atomic mass is 79.9. The predicted octanol–water partition coefficient (Wildman–Crippen LogP) is 3.05. The van der Waals surface area contributed by atoms with E-state index in [4.69, 9.17) is 0 Å². The highest BCUT2D eigenvalue weighted by Crippen LogP contribution is 2.30. The third-order valence-electron chi connectivity index (χ3n) is 3.13. The number of aromatic nitrogens is 2. The summed E-state index contributed by atoms with van der Waals surface area (Å²) in [6.45, 7) is 3.00. The summed E-state index contributed by atoms with van der Waals surface area (Å²) in [7, 11) is 0. The standard InChI is InChI=1S/C12H13BrFN3/c1-2-8-3-9-10(13)4-11(16-12(9)15-8)17-5-7(14)6-17/h3-4,7H,2,5-6H2,1H3,(H,15,16). The first-order valence-electron chi connectivity index (χ1n) is 5.74. The number of aromatic amines is 1. The second-order valence-electron chi connectivity index (χ2n) is 4.37. The molecule has 3 rings (SSSR count). The van der Waals surface area contributed by atoms with Gasteiger partial charge in [0, 0.05) is 15.6 Å². The van der Waals surface area contributed by atoms with Crippen LogP contribution in [0.1, 0.15) is 12.6 Å². The van der Waals surface area contributed by atoms with Crippen molar-refractivity contribution in [1.29, 1.82) is 0 Å². The number of aryl methyl sites for hydroxylation is 1. The summed E-state index contributed by atoms with van der Waals surface area (Å²) in [5, 5.41) is 1.09. The van der Waals surface area contributed by atoms with Crippen LogP contribution in [-0.4, -0.2) is 29.2 Å². The fraction of sp³-hybridized carbons (Fsp3) is 0.417. The summed E-state index contributed by atoms with van der Waals surface area (Å²) in [5.74, 6) is 0.836. The summed E-state index contributed by atoms with van der Waals surface area (Å²) in [4.78, 5) is 9.76. The van der Waals surface area contributed by atoms with Crippen LogP contribution in [0.5, 0.6) is 0 Å². The van der Waals surface area contributed by atoms with Crippen molar-refractivity contribution < 1.29 is 4.39 Å². The molecule has 17 heavy (non-hydrogen) atoms. The Labute approximate surface area is 107 Å². The summed E-state index contributed by atoms with van der Waals surface area (Å²) >= 11 is 3.55. The van der Waals surface area contributed by atoms with Crippen LogP contribution in [0, 0.1) is 0 Å². The van der Waals surface area contributed by atoms with Crippen LogP contribution in [0.4, 0.5) is 10.2 Å². The quantitative estimate of drug-likeness (QED) is 0.924. The van der Waals surface area contributed by atoms with Crippen molar-refractivity contribution in [2.75, 3.05) is 18.0 Å². The lowest BCUT2D eigenvalue weighted by atomic mass is 10.2. The molecular formula is C12H13BrFN3. The minimum absolute atomic E-state index is 0.451. The molecule has 1 N–H and O–H groups in total. The molecule has 1 aliphatic rings. The topological polar surface area (TPSA) is 31.9 Å². The number of anilines is 1. The van der Waals surface area contributed by atoms with E-state index in [2.05, 4.69) is 38.9 Å². The van der Waals surface area contributed by atoms with Gasteiger partial charge < -0.3 is 9.88 Å². The number of pyridine rings is 1. The molecule has 1 fully saturated rings. The summed E-state index contributed by atoms with van der Waals surface area (Å²) < 4.78 is 13.8. The van der Waals surface area contributed by atoms with Gasteiger partial charge in [0.1, 0.15) is 17.6 Å². The Hall–Kier alpha value is -1.10. The average Bonchev–Trinajstić information content (AvgIpc) is 2.68. The van der Waals surface area contributed by atoms with Gasteiger partial charge in [0.25, 0.3) is 0 Å². The SMILES string of the molecule is CCc1cc2c(Br)cc(N3CC(F)C3)nc2[nH]1. The van der Waals surface area contributed by atoms with Gasteiger partial charge in [-0.15, -0.1) is 0 Å². The van der Waals surface area contributed by atoms with E-state index in [0.29, 0.717) is 13.1 Å². The smallest absolute Gasteiger partial charge is 0.141 e. The van der Waals surface area contributed by atoms with Gasteiger partial charge in [0.2, 0.25) is 0 Å². The van der Waals surface area contributed by atoms with Crippen LogP contribution in [0.2, 0.25) is 0 Å². The van der Waals surface area contributed by atoms with Gasteiger partial charge in [-0.05, 0) is 34.5 Å². The minimum Gasteiger partial charge on any atom is -0.351 e. The summed E-state index contributed by atoms with van der Waals surface area (Å²) in [5.41, 5.74) is 2.03. The monoisotopic (exact) mass is 297 g/mol. The Morgan fingerprint density at radius 1 is 1.53 bits per heavy atom. The molecule has 5 heteroatoms. The fourth-order valence-corrected chi connectivity index (χ4v) is 2.58. The normalized spacial score (nSPS) is 16.5. The number of nitrogens with one attached hydrogen (secondary N) is 1.